The monoisotopic (exact) mass is 360 g/mol. The number of nitrogens with one attached hydrogen (secondary N) is 2. The summed E-state index contributed by atoms with van der Waals surface area (Å²) in [5.41, 5.74) is -0.494. The Morgan fingerprint density at radius 1 is 1.08 bits per heavy atom. The highest BCUT2D eigenvalue weighted by Gasteiger charge is 2.24. The number of aliphatic carboxylic acids is 3. The van der Waals surface area contributed by atoms with Crippen molar-refractivity contribution in [1.29, 1.82) is 0 Å². The van der Waals surface area contributed by atoms with Crippen molar-refractivity contribution in [3.05, 3.63) is 11.8 Å². The van der Waals surface area contributed by atoms with Gasteiger partial charge < -0.3 is 26.0 Å². The fraction of sp³-hybridized carbons (Fsp3) is 0.500. The molecule has 0 saturated heterocycles. The van der Waals surface area contributed by atoms with Crippen LogP contribution in [0.4, 0.5) is 0 Å². The number of hydrogen-bond acceptors (Lipinski definition) is 5. The van der Waals surface area contributed by atoms with E-state index in [1.165, 1.54) is 13.8 Å². The van der Waals surface area contributed by atoms with Crippen LogP contribution in [0.15, 0.2) is 11.8 Å². The third-order valence-electron chi connectivity index (χ3n) is 3.17. The van der Waals surface area contributed by atoms with Crippen LogP contribution >= 0.6 is 12.2 Å². The summed E-state index contributed by atoms with van der Waals surface area (Å²) in [4.78, 5) is 44.3. The first-order valence-electron chi connectivity index (χ1n) is 6.94. The fourth-order valence-corrected chi connectivity index (χ4v) is 1.80. The molecule has 0 aliphatic heterocycles. The Bertz CT molecular complexity index is 573. The van der Waals surface area contributed by atoms with Gasteiger partial charge in [0.25, 0.3) is 0 Å². The van der Waals surface area contributed by atoms with E-state index in [1.54, 1.807) is 6.92 Å². The zero-order chi connectivity index (χ0) is 19.0. The van der Waals surface area contributed by atoms with Gasteiger partial charge in [-0.25, -0.2) is 9.59 Å². The van der Waals surface area contributed by atoms with Gasteiger partial charge in [-0.2, -0.15) is 0 Å². The van der Waals surface area contributed by atoms with E-state index in [-0.39, 0.29) is 17.3 Å². The van der Waals surface area contributed by atoms with Crippen LogP contribution in [0, 0.1) is 11.8 Å². The molecule has 10 heteroatoms. The quantitative estimate of drug-likeness (QED) is 0.285. The smallest absolute Gasteiger partial charge is 0.352 e. The van der Waals surface area contributed by atoms with Gasteiger partial charge >= 0.3 is 17.9 Å². The molecule has 0 rings (SSSR count). The van der Waals surface area contributed by atoms with E-state index in [0.717, 1.165) is 6.08 Å². The standard InChI is InChI=1S/C14H20N2O7S/c1-6(8(3)17)4-9(12(20)21)15-14(24)16-10(13(22)23)5-7(2)11(18)19/h5-7,9H,4H2,1-3H3,(H,18,19)(H,20,21)(H,22,23)(H2,15,16,24)/b10-5+. The molecule has 0 aromatic carbocycles. The lowest BCUT2D eigenvalue weighted by atomic mass is 9.98. The van der Waals surface area contributed by atoms with Crippen LogP contribution in [0.5, 0.6) is 0 Å². The second-order valence-electron chi connectivity index (χ2n) is 5.25. The van der Waals surface area contributed by atoms with Gasteiger partial charge in [0.15, 0.2) is 5.11 Å². The third-order valence-corrected chi connectivity index (χ3v) is 3.39. The molecule has 0 aliphatic rings. The first-order valence-corrected chi connectivity index (χ1v) is 7.35. The molecule has 0 aromatic rings. The van der Waals surface area contributed by atoms with Gasteiger partial charge in [0, 0.05) is 5.92 Å². The minimum Gasteiger partial charge on any atom is -0.481 e. The maximum Gasteiger partial charge on any atom is 0.352 e. The molecule has 9 nitrogen and oxygen atoms in total. The predicted molar refractivity (Wildman–Crippen MR) is 87.3 cm³/mol. The van der Waals surface area contributed by atoms with Crippen LogP contribution in [-0.2, 0) is 19.2 Å². The van der Waals surface area contributed by atoms with Gasteiger partial charge in [-0.1, -0.05) is 6.92 Å². The molecule has 0 aliphatic carbocycles. The second-order valence-corrected chi connectivity index (χ2v) is 5.66. The molecule has 0 aromatic heterocycles. The summed E-state index contributed by atoms with van der Waals surface area (Å²) < 4.78 is 0. The maximum absolute atomic E-state index is 11.2. The number of hydrogen-bond donors (Lipinski definition) is 5. The summed E-state index contributed by atoms with van der Waals surface area (Å²) >= 11 is 4.86. The second kappa shape index (κ2) is 9.60. The first kappa shape index (κ1) is 21.5. The van der Waals surface area contributed by atoms with Gasteiger partial charge in [-0.05, 0) is 38.6 Å². The number of carbonyl (C=O) groups excluding carboxylic acids is 1. The average molecular weight is 360 g/mol. The molecule has 0 spiro atoms. The SMILES string of the molecule is CC(=O)C(C)CC(NC(=S)N/C(=C/C(C)C(=O)O)C(=O)O)C(=O)O. The van der Waals surface area contributed by atoms with Crippen molar-refractivity contribution in [2.24, 2.45) is 11.8 Å². The van der Waals surface area contributed by atoms with E-state index in [2.05, 4.69) is 10.6 Å². The van der Waals surface area contributed by atoms with Crippen LogP contribution in [0.1, 0.15) is 27.2 Å². The number of carbonyl (C=O) groups is 4. The van der Waals surface area contributed by atoms with Crippen LogP contribution < -0.4 is 10.6 Å². The van der Waals surface area contributed by atoms with Gasteiger partial charge in [0.2, 0.25) is 0 Å². The highest BCUT2D eigenvalue weighted by Crippen LogP contribution is 2.08. The van der Waals surface area contributed by atoms with Crippen molar-refractivity contribution < 1.29 is 34.5 Å². The van der Waals surface area contributed by atoms with Crippen molar-refractivity contribution in [3.8, 4) is 0 Å². The normalized spacial score (nSPS) is 14.9. The van der Waals surface area contributed by atoms with Crippen molar-refractivity contribution >= 4 is 41.0 Å². The summed E-state index contributed by atoms with van der Waals surface area (Å²) in [6.45, 7) is 4.17. The average Bonchev–Trinajstić information content (AvgIpc) is 2.44. The maximum atomic E-state index is 11.2. The summed E-state index contributed by atoms with van der Waals surface area (Å²) in [5, 5.41) is 31.3. The Morgan fingerprint density at radius 2 is 1.62 bits per heavy atom. The zero-order valence-electron chi connectivity index (χ0n) is 13.4. The largest absolute Gasteiger partial charge is 0.481 e. The molecule has 0 saturated carbocycles. The summed E-state index contributed by atoms with van der Waals surface area (Å²) in [5.74, 6) is -5.73. The van der Waals surface area contributed by atoms with E-state index in [0.29, 0.717) is 0 Å². The molecule has 3 unspecified atom stereocenters. The number of ketones is 1. The molecule has 0 fully saturated rings. The van der Waals surface area contributed by atoms with Crippen LogP contribution in [0.3, 0.4) is 0 Å². The Morgan fingerprint density at radius 3 is 2.00 bits per heavy atom. The Kier molecular flexibility index (Phi) is 8.61. The molecule has 0 heterocycles. The lowest BCUT2D eigenvalue weighted by Crippen LogP contribution is -2.47. The molecule has 5 N–H and O–H groups in total. The number of Topliss-reactive ketones (excluding diaryl/α,β-unsaturated/α-hetero) is 1. The van der Waals surface area contributed by atoms with E-state index in [4.69, 9.17) is 27.5 Å². The van der Waals surface area contributed by atoms with Crippen molar-refractivity contribution in [2.75, 3.05) is 0 Å². The molecule has 134 valence electrons. The molecular weight excluding hydrogens is 340 g/mol. The summed E-state index contributed by atoms with van der Waals surface area (Å²) in [6, 6.07) is -1.20. The van der Waals surface area contributed by atoms with Crippen LogP contribution in [0.25, 0.3) is 0 Å². The number of thiocarbonyl (C=S) groups is 1. The number of carboxylic acid groups (broad SMARTS) is 3. The molecule has 0 radical (unpaired) electrons. The zero-order valence-corrected chi connectivity index (χ0v) is 14.2. The molecule has 0 bridgehead atoms. The summed E-state index contributed by atoms with van der Waals surface area (Å²) in [6.07, 6.45) is 0.900. The van der Waals surface area contributed by atoms with Crippen LogP contribution in [-0.4, -0.2) is 50.2 Å². The highest BCUT2D eigenvalue weighted by molar-refractivity contribution is 7.80. The fourth-order valence-electron chi connectivity index (χ4n) is 1.55. The molecule has 24 heavy (non-hydrogen) atoms. The number of rotatable bonds is 9. The molecule has 3 atom stereocenters. The van der Waals surface area contributed by atoms with Crippen molar-refractivity contribution in [3.63, 3.8) is 0 Å². The number of carboxylic acids is 3. The highest BCUT2D eigenvalue weighted by atomic mass is 32.1. The first-order chi connectivity index (χ1) is 11.0. The topological polar surface area (TPSA) is 153 Å². The lowest BCUT2D eigenvalue weighted by Gasteiger charge is -2.19. The van der Waals surface area contributed by atoms with E-state index >= 15 is 0 Å². The van der Waals surface area contributed by atoms with Gasteiger partial charge in [0.1, 0.15) is 17.5 Å². The lowest BCUT2D eigenvalue weighted by molar-refractivity contribution is -0.140. The third kappa shape index (κ3) is 7.68. The van der Waals surface area contributed by atoms with E-state index in [1.807, 2.05) is 0 Å². The van der Waals surface area contributed by atoms with Crippen LogP contribution in [0.2, 0.25) is 0 Å². The van der Waals surface area contributed by atoms with Gasteiger partial charge in [-0.3, -0.25) is 9.59 Å². The summed E-state index contributed by atoms with van der Waals surface area (Å²) in [7, 11) is 0. The minimum absolute atomic E-state index is 0.0376. The van der Waals surface area contributed by atoms with Gasteiger partial charge in [0.05, 0.1) is 5.92 Å². The van der Waals surface area contributed by atoms with E-state index < -0.39 is 41.5 Å². The van der Waals surface area contributed by atoms with Gasteiger partial charge in [-0.15, -0.1) is 0 Å². The Labute approximate surface area is 143 Å². The van der Waals surface area contributed by atoms with Crippen molar-refractivity contribution in [2.45, 2.75) is 33.2 Å². The predicted octanol–water partition coefficient (Wildman–Crippen LogP) is 0.208. The molecular formula is C14H20N2O7S. The Hall–Kier alpha value is -2.49. The minimum atomic E-state index is -1.45. The van der Waals surface area contributed by atoms with Crippen molar-refractivity contribution in [1.82, 2.24) is 10.6 Å². The molecule has 0 amide bonds. The van der Waals surface area contributed by atoms with E-state index in [9.17, 15) is 19.2 Å². The Balaban J connectivity index is 5.04.